The maximum Gasteiger partial charge on any atom is 0.329 e. The lowest BCUT2D eigenvalue weighted by Crippen LogP contribution is -2.57. The second kappa shape index (κ2) is 5.38. The summed E-state index contributed by atoms with van der Waals surface area (Å²) in [6.07, 6.45) is 5.55. The van der Waals surface area contributed by atoms with Gasteiger partial charge in [0, 0.05) is 0 Å². The summed E-state index contributed by atoms with van der Waals surface area (Å²) in [5.74, 6) is -0.996. The van der Waals surface area contributed by atoms with Gasteiger partial charge in [0.15, 0.2) is 0 Å². The van der Waals surface area contributed by atoms with Gasteiger partial charge in [0.05, 0.1) is 0 Å². The van der Waals surface area contributed by atoms with E-state index in [4.69, 9.17) is 0 Å². The van der Waals surface area contributed by atoms with Crippen LogP contribution in [0.5, 0.6) is 0 Å². The van der Waals surface area contributed by atoms with Crippen molar-refractivity contribution in [3.05, 3.63) is 12.7 Å². The standard InChI is InChI=1S/C12H18N4O3/c1-9-3-2-4-12(5-9,11(18)19)15-10(17)6-16-8-13-7-14-16/h7-9H,2-6H2,1H3,(H,15,17)(H,18,19). The molecule has 0 aromatic carbocycles. The van der Waals surface area contributed by atoms with E-state index in [1.54, 1.807) is 0 Å². The minimum Gasteiger partial charge on any atom is -0.480 e. The molecule has 19 heavy (non-hydrogen) atoms. The van der Waals surface area contributed by atoms with Crippen molar-refractivity contribution in [3.63, 3.8) is 0 Å². The molecule has 0 spiro atoms. The lowest BCUT2D eigenvalue weighted by Gasteiger charge is -2.37. The molecular weight excluding hydrogens is 248 g/mol. The highest BCUT2D eigenvalue weighted by atomic mass is 16.4. The first-order valence-electron chi connectivity index (χ1n) is 6.39. The van der Waals surface area contributed by atoms with Crippen molar-refractivity contribution in [2.45, 2.75) is 44.7 Å². The van der Waals surface area contributed by atoms with Gasteiger partial charge in [-0.2, -0.15) is 5.10 Å². The number of carbonyl (C=O) groups is 2. The zero-order valence-electron chi connectivity index (χ0n) is 10.9. The maximum atomic E-state index is 11.9. The lowest BCUT2D eigenvalue weighted by atomic mass is 9.76. The van der Waals surface area contributed by atoms with Gasteiger partial charge in [-0.25, -0.2) is 14.5 Å². The molecule has 7 nitrogen and oxygen atoms in total. The third-order valence-electron chi connectivity index (χ3n) is 3.56. The van der Waals surface area contributed by atoms with Gasteiger partial charge in [-0.05, 0) is 18.8 Å². The number of carbonyl (C=O) groups excluding carboxylic acids is 1. The van der Waals surface area contributed by atoms with Crippen molar-refractivity contribution in [2.75, 3.05) is 0 Å². The van der Waals surface area contributed by atoms with E-state index in [0.29, 0.717) is 18.8 Å². The summed E-state index contributed by atoms with van der Waals surface area (Å²) in [6.45, 7) is 2.00. The van der Waals surface area contributed by atoms with E-state index in [0.717, 1.165) is 12.8 Å². The number of hydrogen-bond donors (Lipinski definition) is 2. The van der Waals surface area contributed by atoms with Crippen molar-refractivity contribution < 1.29 is 14.7 Å². The Morgan fingerprint density at radius 2 is 2.37 bits per heavy atom. The second-order valence-corrected chi connectivity index (χ2v) is 5.23. The number of nitrogens with one attached hydrogen (secondary N) is 1. The van der Waals surface area contributed by atoms with E-state index < -0.39 is 11.5 Å². The number of rotatable bonds is 4. The van der Waals surface area contributed by atoms with Gasteiger partial charge >= 0.3 is 5.97 Å². The molecule has 0 aliphatic heterocycles. The van der Waals surface area contributed by atoms with E-state index in [2.05, 4.69) is 15.4 Å². The number of carboxylic acids is 1. The molecule has 1 fully saturated rings. The Bertz CT molecular complexity index is 460. The van der Waals surface area contributed by atoms with Gasteiger partial charge in [0.2, 0.25) is 5.91 Å². The van der Waals surface area contributed by atoms with Crippen LogP contribution in [-0.2, 0) is 16.1 Å². The van der Waals surface area contributed by atoms with Gasteiger partial charge in [-0.1, -0.05) is 19.8 Å². The fraction of sp³-hybridized carbons (Fsp3) is 0.667. The van der Waals surface area contributed by atoms with Gasteiger partial charge in [-0.3, -0.25) is 4.79 Å². The van der Waals surface area contributed by atoms with Crippen molar-refractivity contribution in [3.8, 4) is 0 Å². The summed E-state index contributed by atoms with van der Waals surface area (Å²) >= 11 is 0. The first-order valence-corrected chi connectivity index (χ1v) is 6.39. The number of nitrogens with zero attached hydrogens (tertiary/aromatic N) is 3. The highest BCUT2D eigenvalue weighted by Gasteiger charge is 2.43. The molecule has 2 N–H and O–H groups in total. The van der Waals surface area contributed by atoms with Crippen LogP contribution in [0.3, 0.4) is 0 Å². The highest BCUT2D eigenvalue weighted by Crippen LogP contribution is 2.32. The van der Waals surface area contributed by atoms with Crippen LogP contribution in [0.25, 0.3) is 0 Å². The van der Waals surface area contributed by atoms with Crippen molar-refractivity contribution >= 4 is 11.9 Å². The number of aromatic nitrogens is 3. The van der Waals surface area contributed by atoms with E-state index in [1.807, 2.05) is 6.92 Å². The third-order valence-corrected chi connectivity index (χ3v) is 3.56. The molecule has 1 aromatic rings. The summed E-state index contributed by atoms with van der Waals surface area (Å²) < 4.78 is 1.37. The maximum absolute atomic E-state index is 11.9. The summed E-state index contributed by atoms with van der Waals surface area (Å²) in [5.41, 5.74) is -1.13. The Balaban J connectivity index is 2.04. The Hall–Kier alpha value is -1.92. The quantitative estimate of drug-likeness (QED) is 0.823. The molecule has 2 unspecified atom stereocenters. The summed E-state index contributed by atoms with van der Waals surface area (Å²) in [5, 5.41) is 15.9. The van der Waals surface area contributed by atoms with Crippen LogP contribution in [0.1, 0.15) is 32.6 Å². The fourth-order valence-electron chi connectivity index (χ4n) is 2.68. The molecule has 0 saturated heterocycles. The lowest BCUT2D eigenvalue weighted by molar-refractivity contribution is -0.150. The van der Waals surface area contributed by atoms with E-state index in [-0.39, 0.29) is 12.5 Å². The van der Waals surface area contributed by atoms with Gasteiger partial charge in [0.1, 0.15) is 24.7 Å². The van der Waals surface area contributed by atoms with Crippen LogP contribution in [0.2, 0.25) is 0 Å². The predicted molar refractivity (Wildman–Crippen MR) is 66.2 cm³/mol. The van der Waals surface area contributed by atoms with Gasteiger partial charge in [0.25, 0.3) is 0 Å². The smallest absolute Gasteiger partial charge is 0.329 e. The summed E-state index contributed by atoms with van der Waals surface area (Å²) in [6, 6.07) is 0. The fourth-order valence-corrected chi connectivity index (χ4v) is 2.68. The molecule has 104 valence electrons. The Morgan fingerprint density at radius 3 is 2.95 bits per heavy atom. The molecule has 1 aromatic heterocycles. The molecule has 2 rings (SSSR count). The van der Waals surface area contributed by atoms with Crippen molar-refractivity contribution in [2.24, 2.45) is 5.92 Å². The molecule has 2 atom stereocenters. The molecule has 0 bridgehead atoms. The zero-order chi connectivity index (χ0) is 13.9. The predicted octanol–water partition coefficient (Wildman–Crippen LogP) is 0.428. The van der Waals surface area contributed by atoms with E-state index >= 15 is 0 Å². The second-order valence-electron chi connectivity index (χ2n) is 5.23. The van der Waals surface area contributed by atoms with Gasteiger partial charge < -0.3 is 10.4 Å². The van der Waals surface area contributed by atoms with Crippen LogP contribution in [0, 0.1) is 5.92 Å². The van der Waals surface area contributed by atoms with Crippen molar-refractivity contribution in [1.29, 1.82) is 0 Å². The Kier molecular flexibility index (Phi) is 3.82. The van der Waals surface area contributed by atoms with Crippen LogP contribution in [0.4, 0.5) is 0 Å². The van der Waals surface area contributed by atoms with Crippen molar-refractivity contribution in [1.82, 2.24) is 20.1 Å². The monoisotopic (exact) mass is 266 g/mol. The van der Waals surface area contributed by atoms with Crippen LogP contribution in [-0.4, -0.2) is 37.3 Å². The molecule has 7 heteroatoms. The normalized spacial score (nSPS) is 26.9. The third kappa shape index (κ3) is 3.10. The SMILES string of the molecule is CC1CCCC(NC(=O)Cn2cncn2)(C(=O)O)C1. The number of amides is 1. The van der Waals surface area contributed by atoms with Gasteiger partial charge in [-0.15, -0.1) is 0 Å². The highest BCUT2D eigenvalue weighted by molar-refractivity contribution is 5.87. The molecule has 1 aliphatic rings. The number of hydrogen-bond acceptors (Lipinski definition) is 4. The minimum atomic E-state index is -1.13. The molecule has 1 saturated carbocycles. The largest absolute Gasteiger partial charge is 0.480 e. The number of carboxylic acid groups (broad SMARTS) is 1. The molecule has 1 aliphatic carbocycles. The van der Waals surface area contributed by atoms with Crippen LogP contribution < -0.4 is 5.32 Å². The minimum absolute atomic E-state index is 0.0105. The number of aliphatic carboxylic acids is 1. The zero-order valence-corrected chi connectivity index (χ0v) is 10.9. The molecule has 1 heterocycles. The topological polar surface area (TPSA) is 97.1 Å². The Morgan fingerprint density at radius 1 is 1.58 bits per heavy atom. The first kappa shape index (κ1) is 13.5. The molecule has 1 amide bonds. The average molecular weight is 266 g/mol. The summed E-state index contributed by atoms with van der Waals surface area (Å²) in [7, 11) is 0. The van der Waals surface area contributed by atoms with E-state index in [9.17, 15) is 14.7 Å². The average Bonchev–Trinajstić information content (AvgIpc) is 2.81. The first-order chi connectivity index (χ1) is 9.02. The molecular formula is C12H18N4O3. The summed E-state index contributed by atoms with van der Waals surface area (Å²) in [4.78, 5) is 27.2. The molecule has 0 radical (unpaired) electrons. The van der Waals surface area contributed by atoms with E-state index in [1.165, 1.54) is 17.3 Å². The van der Waals surface area contributed by atoms with Crippen LogP contribution in [0.15, 0.2) is 12.7 Å². The van der Waals surface area contributed by atoms with Crippen LogP contribution >= 0.6 is 0 Å². The Labute approximate surface area is 111 Å².